The van der Waals surface area contributed by atoms with Crippen LogP contribution in [0.3, 0.4) is 0 Å². The zero-order chi connectivity index (χ0) is 36.7. The first-order valence-corrected chi connectivity index (χ1v) is 18.0. The van der Waals surface area contributed by atoms with Crippen LogP contribution in [0.15, 0.2) is 108 Å². The summed E-state index contributed by atoms with van der Waals surface area (Å²) < 4.78 is 34.4. The van der Waals surface area contributed by atoms with Crippen molar-refractivity contribution in [3.8, 4) is 22.8 Å². The molecule has 4 aromatic carbocycles. The molecule has 52 heavy (non-hydrogen) atoms. The fourth-order valence-electron chi connectivity index (χ4n) is 5.30. The molecule has 0 saturated heterocycles. The number of para-hydroxylation sites is 2. The number of H-pyrrole nitrogens is 1. The number of nitrogens with zero attached hydrogens (tertiary/aromatic N) is 2. The molecule has 0 aliphatic carbocycles. The first-order valence-electron chi connectivity index (χ1n) is 16.1. The van der Waals surface area contributed by atoms with E-state index in [1.165, 1.54) is 12.1 Å². The highest BCUT2D eigenvalue weighted by Crippen LogP contribution is 2.31. The molecule has 0 bridgehead atoms. The van der Waals surface area contributed by atoms with Gasteiger partial charge in [-0.15, -0.1) is 10.2 Å². The number of hydrogen-bond donors (Lipinski definition) is 6. The van der Waals surface area contributed by atoms with Gasteiger partial charge in [0.2, 0.25) is 5.91 Å². The summed E-state index contributed by atoms with van der Waals surface area (Å²) >= 11 is 6.15. The standard InChI is InChI=1S/C37H34ClN7O6S/c38-29-22-42-35-27(29)5-3-6-30(35)45-52(49,50)26-14-10-24(11-15-26)21-41-34(47)16-18-40-37(48)25-12-8-23(9-13-25)17-19-51-33-20-31(43-44-36(33)39)28-4-1-2-7-32(28)46/h1-15,20,22,42,45-46H,16-19,21H2,(H2,39,44)(H,40,48)(H,41,47). The lowest BCUT2D eigenvalue weighted by Gasteiger charge is -2.11. The van der Waals surface area contributed by atoms with Gasteiger partial charge in [-0.1, -0.05) is 60.1 Å². The first kappa shape index (κ1) is 35.7. The van der Waals surface area contributed by atoms with Crippen LogP contribution in [-0.4, -0.2) is 53.7 Å². The number of phenolic OH excluding ortho intramolecular Hbond substituents is 1. The van der Waals surface area contributed by atoms with Crippen LogP contribution < -0.4 is 25.8 Å². The van der Waals surface area contributed by atoms with Crippen LogP contribution in [0.1, 0.15) is 27.9 Å². The Hall–Kier alpha value is -6.12. The van der Waals surface area contributed by atoms with Crippen molar-refractivity contribution in [2.24, 2.45) is 0 Å². The maximum Gasteiger partial charge on any atom is 0.261 e. The first-order chi connectivity index (χ1) is 25.1. The van der Waals surface area contributed by atoms with Crippen molar-refractivity contribution in [2.45, 2.75) is 24.3 Å². The molecule has 7 N–H and O–H groups in total. The van der Waals surface area contributed by atoms with E-state index in [4.69, 9.17) is 22.1 Å². The molecule has 0 atom stereocenters. The highest BCUT2D eigenvalue weighted by Gasteiger charge is 2.17. The van der Waals surface area contributed by atoms with Crippen LogP contribution in [-0.2, 0) is 27.8 Å². The number of hydrogen-bond acceptors (Lipinski definition) is 9. The van der Waals surface area contributed by atoms with Gasteiger partial charge in [0.15, 0.2) is 11.6 Å². The minimum atomic E-state index is -3.88. The molecular formula is C37H34ClN7O6S. The summed E-state index contributed by atoms with van der Waals surface area (Å²) in [6.07, 6.45) is 2.19. The second-order valence-electron chi connectivity index (χ2n) is 11.7. The number of carbonyl (C=O) groups is 2. The molecule has 6 rings (SSSR count). The van der Waals surface area contributed by atoms with Gasteiger partial charge in [0, 0.05) is 54.7 Å². The number of ether oxygens (including phenoxy) is 1. The van der Waals surface area contributed by atoms with E-state index >= 15 is 0 Å². The minimum absolute atomic E-state index is 0.0600. The van der Waals surface area contributed by atoms with E-state index in [-0.39, 0.29) is 47.8 Å². The Labute approximate surface area is 304 Å². The van der Waals surface area contributed by atoms with Gasteiger partial charge in [-0.25, -0.2) is 8.42 Å². The molecule has 0 aliphatic heterocycles. The quantitative estimate of drug-likeness (QED) is 0.0843. The van der Waals surface area contributed by atoms with Crippen molar-refractivity contribution in [1.82, 2.24) is 25.8 Å². The molecule has 0 unspecified atom stereocenters. The van der Waals surface area contributed by atoms with Crippen molar-refractivity contribution < 1.29 is 27.9 Å². The summed E-state index contributed by atoms with van der Waals surface area (Å²) in [6.45, 7) is 0.610. The normalized spacial score (nSPS) is 11.2. The van der Waals surface area contributed by atoms with Gasteiger partial charge in [-0.2, -0.15) is 0 Å². The Kier molecular flexibility index (Phi) is 10.9. The fraction of sp³-hybridized carbons (Fsp3) is 0.135. The van der Waals surface area contributed by atoms with Crippen molar-refractivity contribution in [3.63, 3.8) is 0 Å². The summed E-state index contributed by atoms with van der Waals surface area (Å²) in [6, 6.07) is 26.7. The van der Waals surface area contributed by atoms with Crippen molar-refractivity contribution >= 4 is 55.8 Å². The van der Waals surface area contributed by atoms with Crippen LogP contribution in [0.4, 0.5) is 11.5 Å². The van der Waals surface area contributed by atoms with Crippen molar-refractivity contribution in [3.05, 3.63) is 125 Å². The average molecular weight is 740 g/mol. The van der Waals surface area contributed by atoms with Gasteiger partial charge < -0.3 is 31.2 Å². The summed E-state index contributed by atoms with van der Waals surface area (Å²) in [5, 5.41) is 24.8. The molecule has 6 aromatic rings. The van der Waals surface area contributed by atoms with E-state index < -0.39 is 10.0 Å². The predicted molar refractivity (Wildman–Crippen MR) is 199 cm³/mol. The molecule has 2 heterocycles. The van der Waals surface area contributed by atoms with Crippen LogP contribution in [0.25, 0.3) is 22.2 Å². The highest BCUT2D eigenvalue weighted by molar-refractivity contribution is 7.92. The number of benzene rings is 4. The van der Waals surface area contributed by atoms with Gasteiger partial charge >= 0.3 is 0 Å². The summed E-state index contributed by atoms with van der Waals surface area (Å²) in [4.78, 5) is 28.1. The number of aromatic nitrogens is 3. The summed E-state index contributed by atoms with van der Waals surface area (Å²) in [7, 11) is -3.88. The zero-order valence-corrected chi connectivity index (χ0v) is 29.2. The van der Waals surface area contributed by atoms with Crippen molar-refractivity contribution in [1.29, 1.82) is 0 Å². The lowest BCUT2D eigenvalue weighted by molar-refractivity contribution is -0.121. The number of phenols is 1. The topological polar surface area (TPSA) is 201 Å². The second-order valence-corrected chi connectivity index (χ2v) is 13.8. The SMILES string of the molecule is Nc1nnc(-c2ccccc2O)cc1OCCc1ccc(C(=O)NCCC(=O)NCc2ccc(S(=O)(=O)Nc3cccc4c(Cl)c[nH]c34)cc2)cc1. The molecule has 0 saturated carbocycles. The Bertz CT molecular complexity index is 2330. The second kappa shape index (κ2) is 15.8. The third kappa shape index (κ3) is 8.60. The average Bonchev–Trinajstić information content (AvgIpc) is 3.53. The number of anilines is 2. The molecule has 13 nitrogen and oxygen atoms in total. The fourth-order valence-corrected chi connectivity index (χ4v) is 6.58. The molecule has 266 valence electrons. The van der Waals surface area contributed by atoms with Gasteiger partial charge in [0.05, 0.1) is 27.7 Å². The molecular weight excluding hydrogens is 706 g/mol. The lowest BCUT2D eigenvalue weighted by Crippen LogP contribution is -2.30. The van der Waals surface area contributed by atoms with Crippen LogP contribution >= 0.6 is 11.6 Å². The molecule has 0 fully saturated rings. The van der Waals surface area contributed by atoms with E-state index in [1.54, 1.807) is 79.0 Å². The number of nitrogens with two attached hydrogens (primary N) is 1. The molecule has 2 amide bonds. The molecule has 0 aliphatic rings. The monoisotopic (exact) mass is 739 g/mol. The smallest absolute Gasteiger partial charge is 0.261 e. The number of fused-ring (bicyclic) bond motifs is 1. The van der Waals surface area contributed by atoms with Crippen LogP contribution in [0.2, 0.25) is 5.02 Å². The predicted octanol–water partition coefficient (Wildman–Crippen LogP) is 5.42. The molecule has 15 heteroatoms. The number of carbonyl (C=O) groups excluding carboxylic acids is 2. The zero-order valence-electron chi connectivity index (χ0n) is 27.6. The molecule has 2 aromatic heterocycles. The summed E-state index contributed by atoms with van der Waals surface area (Å²) in [5.74, 6) is -0.0450. The lowest BCUT2D eigenvalue weighted by atomic mass is 10.1. The number of halogens is 1. The Morgan fingerprint density at radius 1 is 0.904 bits per heavy atom. The van der Waals surface area contributed by atoms with Gasteiger partial charge in [-0.05, 0) is 53.6 Å². The maximum absolute atomic E-state index is 13.0. The van der Waals surface area contributed by atoms with Crippen LogP contribution in [0, 0.1) is 0 Å². The molecule has 0 radical (unpaired) electrons. The number of rotatable bonds is 14. The number of aromatic amines is 1. The van der Waals surface area contributed by atoms with Gasteiger partial charge in [-0.3, -0.25) is 14.3 Å². The Balaban J connectivity index is 0.914. The Morgan fingerprint density at radius 2 is 1.65 bits per heavy atom. The third-order valence-corrected chi connectivity index (χ3v) is 9.79. The van der Waals surface area contributed by atoms with Gasteiger partial charge in [0.1, 0.15) is 11.4 Å². The van der Waals surface area contributed by atoms with E-state index in [0.717, 1.165) is 5.56 Å². The summed E-state index contributed by atoms with van der Waals surface area (Å²) in [5.41, 5.74) is 9.91. The number of sulfonamides is 1. The molecule has 0 spiro atoms. The number of nitrogens with one attached hydrogen (secondary N) is 4. The van der Waals surface area contributed by atoms with Crippen LogP contribution in [0.5, 0.6) is 11.5 Å². The van der Waals surface area contributed by atoms with E-state index in [1.807, 2.05) is 12.1 Å². The number of nitrogen functional groups attached to an aromatic ring is 1. The Morgan fingerprint density at radius 3 is 2.42 bits per heavy atom. The maximum atomic E-state index is 13.0. The number of amides is 2. The van der Waals surface area contributed by atoms with E-state index in [2.05, 4.69) is 30.5 Å². The third-order valence-electron chi connectivity index (χ3n) is 8.10. The van der Waals surface area contributed by atoms with E-state index in [0.29, 0.717) is 62.8 Å². The minimum Gasteiger partial charge on any atom is -0.507 e. The largest absolute Gasteiger partial charge is 0.507 e. The van der Waals surface area contributed by atoms with E-state index in [9.17, 15) is 23.1 Å². The van der Waals surface area contributed by atoms with Gasteiger partial charge in [0.25, 0.3) is 15.9 Å². The highest BCUT2D eigenvalue weighted by atomic mass is 35.5. The van der Waals surface area contributed by atoms with Crippen molar-refractivity contribution in [2.75, 3.05) is 23.6 Å². The number of aromatic hydroxyl groups is 1.